The smallest absolute Gasteiger partial charge is 0.0587 e. The molecule has 0 heterocycles. The molecule has 0 aliphatic carbocycles. The first kappa shape index (κ1) is 14.9. The van der Waals surface area contributed by atoms with Gasteiger partial charge < -0.3 is 10.1 Å². The maximum atomic E-state index is 5.01. The van der Waals surface area contributed by atoms with E-state index in [0.29, 0.717) is 0 Å². The van der Waals surface area contributed by atoms with E-state index in [2.05, 4.69) is 19.2 Å². The van der Waals surface area contributed by atoms with Crippen molar-refractivity contribution < 1.29 is 4.74 Å². The molecule has 92 valence electrons. The Balaban J connectivity index is 3.29. The van der Waals surface area contributed by atoms with Gasteiger partial charge in [0.2, 0.25) is 0 Å². The molecule has 0 aromatic carbocycles. The SMILES string of the molecule is CCCCCCC(CC)CNCCOC. The lowest BCUT2D eigenvalue weighted by molar-refractivity contribution is 0.197. The van der Waals surface area contributed by atoms with Gasteiger partial charge in [0.1, 0.15) is 0 Å². The van der Waals surface area contributed by atoms with Crippen molar-refractivity contribution in [3.63, 3.8) is 0 Å². The second-order valence-electron chi connectivity index (χ2n) is 4.32. The molecule has 1 unspecified atom stereocenters. The van der Waals surface area contributed by atoms with Crippen LogP contribution < -0.4 is 5.32 Å². The minimum Gasteiger partial charge on any atom is -0.383 e. The van der Waals surface area contributed by atoms with Crippen molar-refractivity contribution in [3.05, 3.63) is 0 Å². The molecule has 0 amide bonds. The maximum Gasteiger partial charge on any atom is 0.0587 e. The Hall–Kier alpha value is -0.0800. The molecule has 0 spiro atoms. The second kappa shape index (κ2) is 12.0. The molecule has 0 aliphatic heterocycles. The molecule has 0 fully saturated rings. The Morgan fingerprint density at radius 2 is 1.93 bits per heavy atom. The van der Waals surface area contributed by atoms with Gasteiger partial charge in [-0.3, -0.25) is 0 Å². The minimum absolute atomic E-state index is 0.826. The monoisotopic (exact) mass is 215 g/mol. The van der Waals surface area contributed by atoms with E-state index in [1.807, 2.05) is 0 Å². The lowest BCUT2D eigenvalue weighted by Gasteiger charge is -2.15. The number of rotatable bonds is 11. The average molecular weight is 215 g/mol. The van der Waals surface area contributed by atoms with Crippen LogP contribution >= 0.6 is 0 Å². The normalized spacial score (nSPS) is 13.0. The zero-order valence-electron chi connectivity index (χ0n) is 10.8. The van der Waals surface area contributed by atoms with Crippen LogP contribution in [0.25, 0.3) is 0 Å². The van der Waals surface area contributed by atoms with Crippen LogP contribution in [0.3, 0.4) is 0 Å². The van der Waals surface area contributed by atoms with E-state index in [9.17, 15) is 0 Å². The van der Waals surface area contributed by atoms with Gasteiger partial charge in [-0.2, -0.15) is 0 Å². The van der Waals surface area contributed by atoms with E-state index < -0.39 is 0 Å². The van der Waals surface area contributed by atoms with Gasteiger partial charge in [0.25, 0.3) is 0 Å². The van der Waals surface area contributed by atoms with E-state index in [4.69, 9.17) is 4.74 Å². The molecule has 0 aromatic heterocycles. The third kappa shape index (κ3) is 10.2. The van der Waals surface area contributed by atoms with Crippen LogP contribution in [-0.2, 0) is 4.74 Å². The number of hydrogen-bond donors (Lipinski definition) is 1. The molecule has 15 heavy (non-hydrogen) atoms. The molecule has 1 atom stereocenters. The van der Waals surface area contributed by atoms with Crippen LogP contribution in [0.15, 0.2) is 0 Å². The van der Waals surface area contributed by atoms with Gasteiger partial charge in [0, 0.05) is 13.7 Å². The fourth-order valence-electron chi connectivity index (χ4n) is 1.79. The quantitative estimate of drug-likeness (QED) is 0.534. The van der Waals surface area contributed by atoms with Gasteiger partial charge in [-0.1, -0.05) is 46.0 Å². The maximum absolute atomic E-state index is 5.01. The number of ether oxygens (including phenoxy) is 1. The highest BCUT2D eigenvalue weighted by Crippen LogP contribution is 2.13. The third-order valence-corrected chi connectivity index (χ3v) is 2.96. The first-order valence-corrected chi connectivity index (χ1v) is 6.54. The van der Waals surface area contributed by atoms with Gasteiger partial charge in [0.15, 0.2) is 0 Å². The van der Waals surface area contributed by atoms with Crippen molar-refractivity contribution in [2.45, 2.75) is 52.4 Å². The molecule has 0 radical (unpaired) electrons. The first-order chi connectivity index (χ1) is 7.35. The summed E-state index contributed by atoms with van der Waals surface area (Å²) in [6.07, 6.45) is 8.22. The number of unbranched alkanes of at least 4 members (excludes halogenated alkanes) is 3. The van der Waals surface area contributed by atoms with Crippen molar-refractivity contribution in [2.24, 2.45) is 5.92 Å². The Kier molecular flexibility index (Phi) is 11.9. The predicted octanol–water partition coefficient (Wildman–Crippen LogP) is 3.22. The molecule has 2 heteroatoms. The van der Waals surface area contributed by atoms with Gasteiger partial charge in [0.05, 0.1) is 6.61 Å². The molecule has 0 bridgehead atoms. The van der Waals surface area contributed by atoms with E-state index in [1.165, 1.54) is 38.5 Å². The topological polar surface area (TPSA) is 21.3 Å². The molecule has 0 rings (SSSR count). The molecule has 0 aliphatic rings. The van der Waals surface area contributed by atoms with Crippen molar-refractivity contribution in [2.75, 3.05) is 26.8 Å². The summed E-state index contributed by atoms with van der Waals surface area (Å²) in [6.45, 7) is 7.53. The zero-order chi connectivity index (χ0) is 11.4. The number of methoxy groups -OCH3 is 1. The van der Waals surface area contributed by atoms with Crippen molar-refractivity contribution in [1.29, 1.82) is 0 Å². The van der Waals surface area contributed by atoms with E-state index >= 15 is 0 Å². The summed E-state index contributed by atoms with van der Waals surface area (Å²) in [6, 6.07) is 0. The molecule has 1 N–H and O–H groups in total. The second-order valence-corrected chi connectivity index (χ2v) is 4.32. The molecule has 0 aromatic rings. The molecular formula is C13H29NO. The number of nitrogens with one attached hydrogen (secondary N) is 1. The summed E-state index contributed by atoms with van der Waals surface area (Å²) in [5, 5.41) is 3.45. The summed E-state index contributed by atoms with van der Waals surface area (Å²) in [7, 11) is 1.75. The summed E-state index contributed by atoms with van der Waals surface area (Å²) < 4.78 is 5.01. The largest absolute Gasteiger partial charge is 0.383 e. The highest BCUT2D eigenvalue weighted by Gasteiger charge is 2.04. The molecule has 2 nitrogen and oxygen atoms in total. The zero-order valence-corrected chi connectivity index (χ0v) is 10.8. The Labute approximate surface area is 95.8 Å². The van der Waals surface area contributed by atoms with Gasteiger partial charge in [-0.25, -0.2) is 0 Å². The van der Waals surface area contributed by atoms with Crippen LogP contribution in [0.4, 0.5) is 0 Å². The Morgan fingerprint density at radius 1 is 1.13 bits per heavy atom. The van der Waals surface area contributed by atoms with Crippen LogP contribution in [0.5, 0.6) is 0 Å². The van der Waals surface area contributed by atoms with E-state index in [-0.39, 0.29) is 0 Å². The lowest BCUT2D eigenvalue weighted by Crippen LogP contribution is -2.25. The molecule has 0 saturated carbocycles. The highest BCUT2D eigenvalue weighted by molar-refractivity contribution is 4.61. The highest BCUT2D eigenvalue weighted by atomic mass is 16.5. The fraction of sp³-hybridized carbons (Fsp3) is 1.00. The Morgan fingerprint density at radius 3 is 2.53 bits per heavy atom. The standard InChI is InChI=1S/C13H29NO/c1-4-6-7-8-9-13(5-2)12-14-10-11-15-3/h13-14H,4-12H2,1-3H3. The average Bonchev–Trinajstić information content (AvgIpc) is 2.27. The van der Waals surface area contributed by atoms with E-state index in [0.717, 1.165) is 25.6 Å². The van der Waals surface area contributed by atoms with Gasteiger partial charge in [-0.05, 0) is 18.9 Å². The predicted molar refractivity (Wildman–Crippen MR) is 67.3 cm³/mol. The van der Waals surface area contributed by atoms with Crippen LogP contribution in [0.2, 0.25) is 0 Å². The van der Waals surface area contributed by atoms with E-state index in [1.54, 1.807) is 7.11 Å². The van der Waals surface area contributed by atoms with Crippen molar-refractivity contribution in [3.8, 4) is 0 Å². The van der Waals surface area contributed by atoms with Crippen molar-refractivity contribution >= 4 is 0 Å². The van der Waals surface area contributed by atoms with Gasteiger partial charge in [-0.15, -0.1) is 0 Å². The fourth-order valence-corrected chi connectivity index (χ4v) is 1.79. The summed E-state index contributed by atoms with van der Waals surface area (Å²) >= 11 is 0. The molecule has 0 saturated heterocycles. The Bertz CT molecular complexity index is 105. The molecular weight excluding hydrogens is 186 g/mol. The van der Waals surface area contributed by atoms with Crippen LogP contribution in [0.1, 0.15) is 52.4 Å². The first-order valence-electron chi connectivity index (χ1n) is 6.54. The van der Waals surface area contributed by atoms with Crippen molar-refractivity contribution in [1.82, 2.24) is 5.32 Å². The summed E-state index contributed by atoms with van der Waals surface area (Å²) in [4.78, 5) is 0. The third-order valence-electron chi connectivity index (χ3n) is 2.96. The summed E-state index contributed by atoms with van der Waals surface area (Å²) in [5.74, 6) is 0.860. The lowest BCUT2D eigenvalue weighted by atomic mass is 9.98. The van der Waals surface area contributed by atoms with Gasteiger partial charge >= 0.3 is 0 Å². The minimum atomic E-state index is 0.826. The van der Waals surface area contributed by atoms with Crippen LogP contribution in [0, 0.1) is 5.92 Å². The van der Waals surface area contributed by atoms with Crippen LogP contribution in [-0.4, -0.2) is 26.8 Å². The number of hydrogen-bond acceptors (Lipinski definition) is 2. The summed E-state index contributed by atoms with van der Waals surface area (Å²) in [5.41, 5.74) is 0.